The number of rotatable bonds is 4. The minimum Gasteiger partial charge on any atom is -0.340 e. The van der Waals surface area contributed by atoms with Gasteiger partial charge in [0, 0.05) is 32.7 Å². The predicted molar refractivity (Wildman–Crippen MR) is 73.5 cm³/mol. The van der Waals surface area contributed by atoms with Gasteiger partial charge in [-0.2, -0.15) is 0 Å². The Balaban J connectivity index is 1.70. The van der Waals surface area contributed by atoms with E-state index in [-0.39, 0.29) is 5.92 Å². The van der Waals surface area contributed by atoms with Crippen LogP contribution in [0.4, 0.5) is 0 Å². The van der Waals surface area contributed by atoms with E-state index in [1.165, 1.54) is 13.0 Å². The zero-order chi connectivity index (χ0) is 13.0. The molecule has 104 valence electrons. The highest BCUT2D eigenvalue weighted by atomic mass is 16.2. The Bertz CT molecular complexity index is 266. The number of hydrogen-bond acceptors (Lipinski definition) is 3. The normalized spacial score (nSPS) is 25.9. The fourth-order valence-electron chi connectivity index (χ4n) is 2.76. The molecule has 2 rings (SSSR count). The Morgan fingerprint density at radius 1 is 1.28 bits per heavy atom. The first-order valence-corrected chi connectivity index (χ1v) is 7.38. The van der Waals surface area contributed by atoms with Crippen LogP contribution in [0.1, 0.15) is 26.7 Å². The van der Waals surface area contributed by atoms with Crippen molar-refractivity contribution in [2.45, 2.75) is 26.7 Å². The topological polar surface area (TPSA) is 35.6 Å². The van der Waals surface area contributed by atoms with Gasteiger partial charge in [0.25, 0.3) is 0 Å². The van der Waals surface area contributed by atoms with Crippen LogP contribution < -0.4 is 5.32 Å². The Kier molecular flexibility index (Phi) is 5.01. The standard InChI is InChI=1S/C14H27N3O/c1-12(2)4-6-16-7-9-17(10-8-16)14(18)13-3-5-15-11-13/h12-13,15H,3-11H2,1-2H3. The molecule has 0 aliphatic carbocycles. The summed E-state index contributed by atoms with van der Waals surface area (Å²) >= 11 is 0. The van der Waals surface area contributed by atoms with Crippen molar-refractivity contribution in [1.29, 1.82) is 0 Å². The van der Waals surface area contributed by atoms with Crippen molar-refractivity contribution in [2.24, 2.45) is 11.8 Å². The van der Waals surface area contributed by atoms with Gasteiger partial charge in [-0.3, -0.25) is 9.69 Å². The molecule has 1 N–H and O–H groups in total. The second-order valence-corrected chi connectivity index (χ2v) is 6.04. The van der Waals surface area contributed by atoms with Crippen LogP contribution in [0.15, 0.2) is 0 Å². The van der Waals surface area contributed by atoms with Crippen LogP contribution in [0.2, 0.25) is 0 Å². The summed E-state index contributed by atoms with van der Waals surface area (Å²) in [5, 5.41) is 3.28. The lowest BCUT2D eigenvalue weighted by atomic mass is 10.1. The second-order valence-electron chi connectivity index (χ2n) is 6.04. The summed E-state index contributed by atoms with van der Waals surface area (Å²) < 4.78 is 0. The van der Waals surface area contributed by atoms with Gasteiger partial charge in [-0.05, 0) is 31.8 Å². The Morgan fingerprint density at radius 3 is 2.56 bits per heavy atom. The average molecular weight is 253 g/mol. The van der Waals surface area contributed by atoms with Gasteiger partial charge < -0.3 is 10.2 Å². The van der Waals surface area contributed by atoms with Gasteiger partial charge in [-0.25, -0.2) is 0 Å². The zero-order valence-electron chi connectivity index (χ0n) is 11.8. The van der Waals surface area contributed by atoms with Crippen molar-refractivity contribution in [1.82, 2.24) is 15.1 Å². The molecule has 1 unspecified atom stereocenters. The van der Waals surface area contributed by atoms with Crippen LogP contribution >= 0.6 is 0 Å². The van der Waals surface area contributed by atoms with E-state index in [9.17, 15) is 4.79 Å². The van der Waals surface area contributed by atoms with Crippen LogP contribution in [0.3, 0.4) is 0 Å². The van der Waals surface area contributed by atoms with Crippen molar-refractivity contribution >= 4 is 5.91 Å². The van der Waals surface area contributed by atoms with Crippen LogP contribution in [-0.2, 0) is 4.79 Å². The summed E-state index contributed by atoms with van der Waals surface area (Å²) in [5.41, 5.74) is 0. The SMILES string of the molecule is CC(C)CCN1CCN(C(=O)C2CCNC2)CC1. The van der Waals surface area contributed by atoms with Crippen LogP contribution in [0.25, 0.3) is 0 Å². The average Bonchev–Trinajstić information content (AvgIpc) is 2.90. The van der Waals surface area contributed by atoms with Crippen molar-refractivity contribution < 1.29 is 4.79 Å². The number of hydrogen-bond donors (Lipinski definition) is 1. The number of carbonyl (C=O) groups excluding carboxylic acids is 1. The molecule has 0 aromatic carbocycles. The Labute approximate surface area is 111 Å². The van der Waals surface area contributed by atoms with Gasteiger partial charge in [-0.15, -0.1) is 0 Å². The molecule has 1 atom stereocenters. The lowest BCUT2D eigenvalue weighted by Crippen LogP contribution is -2.50. The molecule has 18 heavy (non-hydrogen) atoms. The van der Waals surface area contributed by atoms with Gasteiger partial charge in [0.05, 0.1) is 5.92 Å². The molecule has 2 aliphatic heterocycles. The summed E-state index contributed by atoms with van der Waals surface area (Å²) in [4.78, 5) is 16.8. The van der Waals surface area contributed by atoms with Gasteiger partial charge in [0.1, 0.15) is 0 Å². The van der Waals surface area contributed by atoms with Gasteiger partial charge in [0.2, 0.25) is 5.91 Å². The molecule has 0 radical (unpaired) electrons. The fraction of sp³-hybridized carbons (Fsp3) is 0.929. The molecule has 0 spiro atoms. The maximum Gasteiger partial charge on any atom is 0.227 e. The molecular weight excluding hydrogens is 226 g/mol. The molecule has 0 bridgehead atoms. The van der Waals surface area contributed by atoms with Crippen LogP contribution in [-0.4, -0.2) is 61.5 Å². The number of carbonyl (C=O) groups is 1. The number of nitrogens with zero attached hydrogens (tertiary/aromatic N) is 2. The van der Waals surface area contributed by atoms with E-state index in [0.29, 0.717) is 5.91 Å². The minimum atomic E-state index is 0.243. The molecular formula is C14H27N3O. The summed E-state index contributed by atoms with van der Waals surface area (Å²) in [5.74, 6) is 1.39. The van der Waals surface area contributed by atoms with Crippen molar-refractivity contribution in [3.8, 4) is 0 Å². The minimum absolute atomic E-state index is 0.243. The van der Waals surface area contributed by atoms with E-state index < -0.39 is 0 Å². The maximum atomic E-state index is 12.2. The Morgan fingerprint density at radius 2 is 2.00 bits per heavy atom. The Hall–Kier alpha value is -0.610. The first-order chi connectivity index (χ1) is 8.66. The lowest BCUT2D eigenvalue weighted by molar-refractivity contribution is -0.136. The largest absolute Gasteiger partial charge is 0.340 e. The number of nitrogens with one attached hydrogen (secondary N) is 1. The van der Waals surface area contributed by atoms with E-state index in [4.69, 9.17) is 0 Å². The first-order valence-electron chi connectivity index (χ1n) is 7.38. The quantitative estimate of drug-likeness (QED) is 0.804. The molecule has 0 aromatic heterocycles. The highest BCUT2D eigenvalue weighted by Crippen LogP contribution is 2.14. The van der Waals surface area contributed by atoms with E-state index in [2.05, 4.69) is 29.0 Å². The highest BCUT2D eigenvalue weighted by Gasteiger charge is 2.29. The lowest BCUT2D eigenvalue weighted by Gasteiger charge is -2.36. The van der Waals surface area contributed by atoms with E-state index >= 15 is 0 Å². The van der Waals surface area contributed by atoms with E-state index in [1.54, 1.807) is 0 Å². The number of amides is 1. The summed E-state index contributed by atoms with van der Waals surface area (Å²) in [6.45, 7) is 11.6. The molecule has 2 heterocycles. The maximum absolute atomic E-state index is 12.2. The molecule has 4 heteroatoms. The molecule has 0 aromatic rings. The molecule has 0 saturated carbocycles. The van der Waals surface area contributed by atoms with Crippen molar-refractivity contribution in [2.75, 3.05) is 45.8 Å². The molecule has 4 nitrogen and oxygen atoms in total. The monoisotopic (exact) mass is 253 g/mol. The van der Waals surface area contributed by atoms with Gasteiger partial charge in [-0.1, -0.05) is 13.8 Å². The van der Waals surface area contributed by atoms with E-state index in [1.807, 2.05) is 0 Å². The van der Waals surface area contributed by atoms with Gasteiger partial charge >= 0.3 is 0 Å². The van der Waals surface area contributed by atoms with Gasteiger partial charge in [0.15, 0.2) is 0 Å². The fourth-order valence-corrected chi connectivity index (χ4v) is 2.76. The third-order valence-corrected chi connectivity index (χ3v) is 4.12. The third-order valence-electron chi connectivity index (χ3n) is 4.12. The van der Waals surface area contributed by atoms with E-state index in [0.717, 1.165) is 51.6 Å². The molecule has 2 aliphatic rings. The van der Waals surface area contributed by atoms with Crippen molar-refractivity contribution in [3.63, 3.8) is 0 Å². The predicted octanol–water partition coefficient (Wildman–Crippen LogP) is 0.786. The molecule has 1 amide bonds. The first kappa shape index (κ1) is 13.8. The summed E-state index contributed by atoms with van der Waals surface area (Å²) in [6, 6.07) is 0. The molecule has 2 saturated heterocycles. The zero-order valence-corrected chi connectivity index (χ0v) is 11.8. The van der Waals surface area contributed by atoms with Crippen molar-refractivity contribution in [3.05, 3.63) is 0 Å². The summed E-state index contributed by atoms with van der Waals surface area (Å²) in [7, 11) is 0. The highest BCUT2D eigenvalue weighted by molar-refractivity contribution is 5.79. The summed E-state index contributed by atoms with van der Waals surface area (Å²) in [6.07, 6.45) is 2.28. The third kappa shape index (κ3) is 3.69. The molecule has 2 fully saturated rings. The smallest absolute Gasteiger partial charge is 0.227 e. The number of piperazine rings is 1. The van der Waals surface area contributed by atoms with Crippen LogP contribution in [0.5, 0.6) is 0 Å². The second kappa shape index (κ2) is 6.53. The van der Waals surface area contributed by atoms with Crippen LogP contribution in [0, 0.1) is 11.8 Å².